The number of carbonyl (C=O) groups is 3. The summed E-state index contributed by atoms with van der Waals surface area (Å²) in [5.41, 5.74) is 1.10. The Kier molecular flexibility index (Phi) is 8.46. The van der Waals surface area contributed by atoms with Crippen LogP contribution in [0.3, 0.4) is 0 Å². The Balaban J connectivity index is 1.91. The van der Waals surface area contributed by atoms with Crippen LogP contribution < -0.4 is 14.4 Å². The lowest BCUT2D eigenvalue weighted by Crippen LogP contribution is -2.29. The highest BCUT2D eigenvalue weighted by atomic mass is 32.1. The van der Waals surface area contributed by atoms with Crippen LogP contribution in [-0.4, -0.2) is 47.6 Å². The van der Waals surface area contributed by atoms with Gasteiger partial charge in [-0.2, -0.15) is 0 Å². The van der Waals surface area contributed by atoms with Gasteiger partial charge in [-0.05, 0) is 38.5 Å². The van der Waals surface area contributed by atoms with E-state index < -0.39 is 23.7 Å². The van der Waals surface area contributed by atoms with Crippen LogP contribution >= 0.6 is 11.3 Å². The molecule has 9 nitrogen and oxygen atoms in total. The van der Waals surface area contributed by atoms with Crippen LogP contribution in [0, 0.1) is 6.92 Å². The fourth-order valence-electron chi connectivity index (χ4n) is 4.21. The largest absolute Gasteiger partial charge is 0.507 e. The summed E-state index contributed by atoms with van der Waals surface area (Å²) in [4.78, 5) is 45.3. The van der Waals surface area contributed by atoms with Crippen LogP contribution in [0.2, 0.25) is 0 Å². The van der Waals surface area contributed by atoms with E-state index in [1.54, 1.807) is 55.5 Å². The molecule has 2 aromatic carbocycles. The first-order valence-electron chi connectivity index (χ1n) is 12.3. The van der Waals surface area contributed by atoms with E-state index in [0.717, 1.165) is 11.3 Å². The van der Waals surface area contributed by atoms with Crippen LogP contribution in [0.25, 0.3) is 5.76 Å². The van der Waals surface area contributed by atoms with Gasteiger partial charge in [-0.15, -0.1) is 0 Å². The molecule has 0 aliphatic carbocycles. The van der Waals surface area contributed by atoms with Gasteiger partial charge in [-0.1, -0.05) is 60.4 Å². The van der Waals surface area contributed by atoms with Crippen molar-refractivity contribution in [3.63, 3.8) is 0 Å². The zero-order chi connectivity index (χ0) is 28.1. The molecule has 0 spiro atoms. The number of rotatable bonds is 10. The Bertz CT molecular complexity index is 1450. The van der Waals surface area contributed by atoms with Crippen molar-refractivity contribution in [1.29, 1.82) is 0 Å². The molecule has 1 atom stereocenters. The van der Waals surface area contributed by atoms with Gasteiger partial charge in [0.05, 0.1) is 30.5 Å². The molecule has 1 aliphatic heterocycles. The fourth-order valence-corrected chi connectivity index (χ4v) is 5.20. The minimum absolute atomic E-state index is 0.0134. The number of aryl methyl sites for hydroxylation is 1. The Morgan fingerprint density at radius 2 is 1.79 bits per heavy atom. The number of esters is 1. The Hall–Kier alpha value is -4.44. The van der Waals surface area contributed by atoms with E-state index in [-0.39, 0.29) is 27.9 Å². The molecule has 10 heteroatoms. The first-order valence-corrected chi connectivity index (χ1v) is 13.1. The predicted octanol–water partition coefficient (Wildman–Crippen LogP) is 5.22. The van der Waals surface area contributed by atoms with E-state index in [4.69, 9.17) is 14.2 Å². The molecule has 1 aromatic heterocycles. The number of hydrogen-bond acceptors (Lipinski definition) is 9. The second-order valence-corrected chi connectivity index (χ2v) is 9.38. The molecule has 0 radical (unpaired) electrons. The maximum Gasteiger partial charge on any atom is 0.350 e. The first kappa shape index (κ1) is 27.6. The van der Waals surface area contributed by atoms with E-state index in [9.17, 15) is 19.5 Å². The molecule has 1 amide bonds. The molecule has 1 fully saturated rings. The molecule has 2 heterocycles. The molecule has 1 saturated heterocycles. The van der Waals surface area contributed by atoms with Crippen LogP contribution in [0.1, 0.15) is 46.4 Å². The number of aliphatic hydroxyl groups excluding tert-OH is 1. The lowest BCUT2D eigenvalue weighted by Gasteiger charge is -2.24. The summed E-state index contributed by atoms with van der Waals surface area (Å²) in [6.07, 6.45) is 1.44. The summed E-state index contributed by atoms with van der Waals surface area (Å²) in [6, 6.07) is 12.5. The summed E-state index contributed by atoms with van der Waals surface area (Å²) >= 11 is 0.928. The lowest BCUT2D eigenvalue weighted by molar-refractivity contribution is -0.132. The molecule has 1 unspecified atom stereocenters. The monoisotopic (exact) mass is 548 g/mol. The van der Waals surface area contributed by atoms with Crippen molar-refractivity contribution < 1.29 is 33.7 Å². The third-order valence-corrected chi connectivity index (χ3v) is 7.02. The molecule has 3 aromatic rings. The van der Waals surface area contributed by atoms with E-state index in [2.05, 4.69) is 11.6 Å². The van der Waals surface area contributed by atoms with Gasteiger partial charge >= 0.3 is 11.9 Å². The number of Topliss-reactive ketones (excluding diaryl/α,β-unsaturated/α-hetero) is 1. The highest BCUT2D eigenvalue weighted by molar-refractivity contribution is 7.17. The van der Waals surface area contributed by atoms with Crippen LogP contribution in [0.4, 0.5) is 5.13 Å². The number of thiazole rings is 1. The third kappa shape index (κ3) is 5.42. The average Bonchev–Trinajstić information content (AvgIpc) is 3.45. The van der Waals surface area contributed by atoms with E-state index in [1.165, 1.54) is 11.0 Å². The van der Waals surface area contributed by atoms with Crippen molar-refractivity contribution in [2.45, 2.75) is 26.8 Å². The van der Waals surface area contributed by atoms with Crippen molar-refractivity contribution in [2.75, 3.05) is 24.7 Å². The highest BCUT2D eigenvalue weighted by Crippen LogP contribution is 2.45. The lowest BCUT2D eigenvalue weighted by atomic mass is 9.95. The van der Waals surface area contributed by atoms with Gasteiger partial charge in [0, 0.05) is 5.56 Å². The second-order valence-electron chi connectivity index (χ2n) is 8.41. The van der Waals surface area contributed by atoms with E-state index in [0.29, 0.717) is 41.5 Å². The number of carbonyl (C=O) groups excluding carboxylic acids is 3. The maximum absolute atomic E-state index is 13.5. The molecule has 202 valence electrons. The molecular weight excluding hydrogens is 520 g/mol. The minimum Gasteiger partial charge on any atom is -0.507 e. The SMILES string of the molecule is C=CCOC(=O)c1sc(N2C(=O)C(=O)C(=C(O)c3ccccc3)C2c2ccc(OCC)c(OCC)c2)nc1C. The first-order chi connectivity index (χ1) is 18.8. The number of ketones is 1. The van der Waals surface area contributed by atoms with Gasteiger partial charge in [0.1, 0.15) is 17.2 Å². The van der Waals surface area contributed by atoms with Crippen molar-refractivity contribution in [3.8, 4) is 11.5 Å². The molecule has 4 rings (SSSR count). The van der Waals surface area contributed by atoms with Gasteiger partial charge in [-0.25, -0.2) is 9.78 Å². The van der Waals surface area contributed by atoms with Crippen LogP contribution in [0.15, 0.2) is 66.8 Å². The normalized spacial score (nSPS) is 16.3. The molecule has 0 saturated carbocycles. The topological polar surface area (TPSA) is 115 Å². The standard InChI is InChI=1S/C29H28N2O7S/c1-5-15-38-28(35)26-17(4)30-29(39-26)31-23(19-13-14-20(36-6-2)21(16-19)37-7-3)22(25(33)27(31)34)24(32)18-11-9-8-10-12-18/h5,8-14,16,23,32H,1,6-7,15H2,2-4H3. The van der Waals surface area contributed by atoms with Gasteiger partial charge < -0.3 is 19.3 Å². The zero-order valence-corrected chi connectivity index (χ0v) is 22.6. The maximum atomic E-state index is 13.5. The number of benzene rings is 2. The number of ether oxygens (including phenoxy) is 3. The number of amides is 1. The summed E-state index contributed by atoms with van der Waals surface area (Å²) in [5, 5.41) is 11.4. The zero-order valence-electron chi connectivity index (χ0n) is 21.8. The fraction of sp³-hybridized carbons (Fsp3) is 0.241. The van der Waals surface area contributed by atoms with Crippen molar-refractivity contribution in [2.24, 2.45) is 0 Å². The molecule has 39 heavy (non-hydrogen) atoms. The van der Waals surface area contributed by atoms with Crippen molar-refractivity contribution in [1.82, 2.24) is 4.98 Å². The van der Waals surface area contributed by atoms with Crippen LogP contribution in [0.5, 0.6) is 11.5 Å². The number of aliphatic hydroxyl groups is 1. The molecule has 0 bridgehead atoms. The van der Waals surface area contributed by atoms with Gasteiger partial charge in [0.2, 0.25) is 0 Å². The summed E-state index contributed by atoms with van der Waals surface area (Å²) in [5.74, 6) is -1.78. The molecule has 1 aliphatic rings. The predicted molar refractivity (Wildman–Crippen MR) is 147 cm³/mol. The third-order valence-electron chi connectivity index (χ3n) is 5.88. The van der Waals surface area contributed by atoms with Crippen LogP contribution in [-0.2, 0) is 14.3 Å². The Labute approximate surface area is 230 Å². The molecule has 1 N–H and O–H groups in total. The number of aromatic nitrogens is 1. The van der Waals surface area contributed by atoms with Gasteiger partial charge in [0.25, 0.3) is 5.78 Å². The minimum atomic E-state index is -1.05. The number of anilines is 1. The quantitative estimate of drug-likeness (QED) is 0.121. The summed E-state index contributed by atoms with van der Waals surface area (Å²) in [7, 11) is 0. The Morgan fingerprint density at radius 3 is 2.46 bits per heavy atom. The number of hydrogen-bond donors (Lipinski definition) is 1. The average molecular weight is 549 g/mol. The smallest absolute Gasteiger partial charge is 0.350 e. The summed E-state index contributed by atoms with van der Waals surface area (Å²) < 4.78 is 16.6. The molecular formula is C29H28N2O7S. The van der Waals surface area contributed by atoms with E-state index in [1.807, 2.05) is 13.8 Å². The van der Waals surface area contributed by atoms with E-state index >= 15 is 0 Å². The second kappa shape index (κ2) is 12.0. The highest BCUT2D eigenvalue weighted by Gasteiger charge is 2.48. The van der Waals surface area contributed by atoms with Gasteiger partial charge in [-0.3, -0.25) is 14.5 Å². The summed E-state index contributed by atoms with van der Waals surface area (Å²) in [6.45, 7) is 9.61. The van der Waals surface area contributed by atoms with Gasteiger partial charge in [0.15, 0.2) is 16.6 Å². The van der Waals surface area contributed by atoms with Crippen molar-refractivity contribution in [3.05, 3.63) is 88.5 Å². The number of nitrogens with zero attached hydrogens (tertiary/aromatic N) is 2. The Morgan fingerprint density at radius 1 is 1.10 bits per heavy atom. The van der Waals surface area contributed by atoms with Crippen molar-refractivity contribution >= 4 is 39.9 Å².